The van der Waals surface area contributed by atoms with Crippen molar-refractivity contribution in [3.05, 3.63) is 70.8 Å². The van der Waals surface area contributed by atoms with Crippen LogP contribution in [0, 0.1) is 6.92 Å². The molecule has 2 aromatic carbocycles. The fourth-order valence-corrected chi connectivity index (χ4v) is 5.69. The first kappa shape index (κ1) is 26.1. The molecule has 0 radical (unpaired) electrons. The van der Waals surface area contributed by atoms with Gasteiger partial charge in [0.25, 0.3) is 11.7 Å². The highest BCUT2D eigenvalue weighted by molar-refractivity contribution is 7.89. The molecule has 2 aromatic rings. The summed E-state index contributed by atoms with van der Waals surface area (Å²) >= 11 is 0. The molecule has 2 aliphatic rings. The number of carbonyl (C=O) groups excluding carboxylic acids is 2. The number of aliphatic hydroxyl groups excluding tert-OH is 1. The first-order valence-electron chi connectivity index (χ1n) is 12.2. The molecule has 1 N–H and O–H groups in total. The first-order valence-corrected chi connectivity index (χ1v) is 13.7. The lowest BCUT2D eigenvalue weighted by molar-refractivity contribution is -0.140. The summed E-state index contributed by atoms with van der Waals surface area (Å²) in [4.78, 5) is 30.3. The van der Waals surface area contributed by atoms with Crippen molar-refractivity contribution in [2.24, 2.45) is 0 Å². The second kappa shape index (κ2) is 10.5. The van der Waals surface area contributed by atoms with E-state index in [9.17, 15) is 23.1 Å². The van der Waals surface area contributed by atoms with Gasteiger partial charge in [-0.05, 0) is 62.7 Å². The Morgan fingerprint density at radius 2 is 1.56 bits per heavy atom. The van der Waals surface area contributed by atoms with Gasteiger partial charge in [0, 0.05) is 32.7 Å². The summed E-state index contributed by atoms with van der Waals surface area (Å²) < 4.78 is 25.9. The van der Waals surface area contributed by atoms with Gasteiger partial charge in [-0.2, -0.15) is 0 Å². The number of ketones is 1. The predicted octanol–water partition coefficient (Wildman–Crippen LogP) is 3.15. The first-order chi connectivity index (χ1) is 17.1. The van der Waals surface area contributed by atoms with Crippen LogP contribution in [0.5, 0.6) is 0 Å². The molecule has 1 unspecified atom stereocenters. The van der Waals surface area contributed by atoms with Crippen molar-refractivity contribution in [3.8, 4) is 0 Å². The molecule has 2 fully saturated rings. The number of Topliss-reactive ketones (excluding diaryl/α,β-unsaturated/α-hetero) is 1. The van der Waals surface area contributed by atoms with Gasteiger partial charge in [0.15, 0.2) is 0 Å². The van der Waals surface area contributed by atoms with Gasteiger partial charge in [-0.1, -0.05) is 36.2 Å². The number of nitrogens with zero attached hydrogens (tertiary/aromatic N) is 3. The average Bonchev–Trinajstić information content (AvgIpc) is 3.13. The number of likely N-dealkylation sites (tertiary alicyclic amines) is 2. The van der Waals surface area contributed by atoms with Crippen LogP contribution < -0.4 is 0 Å². The van der Waals surface area contributed by atoms with Crippen LogP contribution in [-0.4, -0.2) is 79.6 Å². The van der Waals surface area contributed by atoms with Crippen molar-refractivity contribution >= 4 is 27.5 Å². The summed E-state index contributed by atoms with van der Waals surface area (Å²) in [5.41, 5.74) is 2.08. The summed E-state index contributed by atoms with van der Waals surface area (Å²) in [5.74, 6) is -1.68. The summed E-state index contributed by atoms with van der Waals surface area (Å²) in [5, 5.41) is 11.2. The number of amides is 1. The molecule has 0 bridgehead atoms. The third kappa shape index (κ3) is 5.09. The van der Waals surface area contributed by atoms with E-state index >= 15 is 0 Å². The van der Waals surface area contributed by atoms with E-state index in [0.29, 0.717) is 13.1 Å². The third-order valence-electron chi connectivity index (χ3n) is 6.95. The minimum absolute atomic E-state index is 0.0192. The zero-order valence-corrected chi connectivity index (χ0v) is 21.8. The number of aryl methyl sites for hydroxylation is 1. The van der Waals surface area contributed by atoms with Crippen molar-refractivity contribution < 1.29 is 23.1 Å². The molecule has 9 heteroatoms. The van der Waals surface area contributed by atoms with Crippen LogP contribution in [0.25, 0.3) is 5.76 Å². The van der Waals surface area contributed by atoms with Crippen molar-refractivity contribution in [1.82, 2.24) is 14.1 Å². The Morgan fingerprint density at radius 3 is 2.14 bits per heavy atom. The highest BCUT2D eigenvalue weighted by Crippen LogP contribution is 2.39. The summed E-state index contributed by atoms with van der Waals surface area (Å²) in [6.07, 6.45) is 3.46. The zero-order chi connectivity index (χ0) is 26.0. The molecule has 4 rings (SSSR count). The third-order valence-corrected chi connectivity index (χ3v) is 8.77. The van der Waals surface area contributed by atoms with E-state index in [2.05, 4.69) is 4.90 Å². The quantitative estimate of drug-likeness (QED) is 0.348. The Hall–Kier alpha value is -3.01. The number of piperidine rings is 1. The maximum Gasteiger partial charge on any atom is 0.295 e. The molecule has 0 aliphatic carbocycles. The van der Waals surface area contributed by atoms with Gasteiger partial charge >= 0.3 is 0 Å². The molecule has 36 heavy (non-hydrogen) atoms. The highest BCUT2D eigenvalue weighted by Gasteiger charge is 2.46. The molecule has 0 aromatic heterocycles. The molecule has 0 saturated carbocycles. The van der Waals surface area contributed by atoms with Crippen LogP contribution in [0.3, 0.4) is 0 Å². The van der Waals surface area contributed by atoms with Crippen LogP contribution in [0.15, 0.2) is 59.0 Å². The van der Waals surface area contributed by atoms with E-state index in [4.69, 9.17) is 0 Å². The highest BCUT2D eigenvalue weighted by atomic mass is 32.2. The molecule has 192 valence electrons. The van der Waals surface area contributed by atoms with Crippen LogP contribution >= 0.6 is 0 Å². The van der Waals surface area contributed by atoms with Gasteiger partial charge in [0.2, 0.25) is 10.0 Å². The largest absolute Gasteiger partial charge is 0.507 e. The summed E-state index contributed by atoms with van der Waals surface area (Å²) in [6, 6.07) is 12.6. The topological polar surface area (TPSA) is 98.2 Å². The number of sulfonamides is 1. The van der Waals surface area contributed by atoms with Crippen molar-refractivity contribution in [2.75, 3.05) is 40.3 Å². The Balaban J connectivity index is 1.72. The van der Waals surface area contributed by atoms with E-state index in [0.717, 1.165) is 41.4 Å². The Bertz CT molecular complexity index is 1260. The lowest BCUT2D eigenvalue weighted by Crippen LogP contribution is -2.39. The number of hydrogen-bond donors (Lipinski definition) is 1. The lowest BCUT2D eigenvalue weighted by Gasteiger charge is -2.31. The number of hydrogen-bond acceptors (Lipinski definition) is 6. The van der Waals surface area contributed by atoms with Crippen molar-refractivity contribution in [3.63, 3.8) is 0 Å². The molecular formula is C27H33N3O5S. The van der Waals surface area contributed by atoms with E-state index < -0.39 is 27.8 Å². The van der Waals surface area contributed by atoms with E-state index in [-0.39, 0.29) is 21.8 Å². The molecule has 2 aliphatic heterocycles. The van der Waals surface area contributed by atoms with Crippen molar-refractivity contribution in [2.45, 2.75) is 37.1 Å². The number of benzene rings is 2. The number of carbonyl (C=O) groups is 2. The van der Waals surface area contributed by atoms with Crippen LogP contribution in [0.1, 0.15) is 42.0 Å². The Kier molecular flexibility index (Phi) is 7.63. The second-order valence-corrected chi connectivity index (χ2v) is 11.8. The van der Waals surface area contributed by atoms with Gasteiger partial charge in [0.1, 0.15) is 5.76 Å². The maximum absolute atomic E-state index is 13.2. The van der Waals surface area contributed by atoms with E-state index in [1.807, 2.05) is 31.2 Å². The van der Waals surface area contributed by atoms with Crippen LogP contribution in [-0.2, 0) is 19.6 Å². The molecule has 2 saturated heterocycles. The lowest BCUT2D eigenvalue weighted by atomic mass is 9.95. The van der Waals surface area contributed by atoms with Gasteiger partial charge < -0.3 is 14.9 Å². The molecule has 8 nitrogen and oxygen atoms in total. The van der Waals surface area contributed by atoms with Gasteiger partial charge in [-0.3, -0.25) is 9.59 Å². The second-order valence-electron chi connectivity index (χ2n) is 9.62. The normalized spacial score (nSPS) is 20.9. The average molecular weight is 512 g/mol. The van der Waals surface area contributed by atoms with Gasteiger partial charge in [-0.25, -0.2) is 12.7 Å². The fourth-order valence-electron chi connectivity index (χ4n) is 4.79. The maximum atomic E-state index is 13.2. The van der Waals surface area contributed by atoms with Gasteiger partial charge in [-0.15, -0.1) is 0 Å². The minimum Gasteiger partial charge on any atom is -0.507 e. The SMILES string of the molecule is Cc1ccc(C2/C(=C(/O)c3ccc(S(=O)(=O)N(C)C)cc3)C(=O)C(=O)N2CCN2CCCCC2)cc1. The predicted molar refractivity (Wildman–Crippen MR) is 138 cm³/mol. The molecule has 0 spiro atoms. The zero-order valence-electron chi connectivity index (χ0n) is 21.0. The van der Waals surface area contributed by atoms with Crippen molar-refractivity contribution in [1.29, 1.82) is 0 Å². The Morgan fingerprint density at radius 1 is 0.944 bits per heavy atom. The molecule has 1 amide bonds. The smallest absolute Gasteiger partial charge is 0.295 e. The van der Waals surface area contributed by atoms with E-state index in [1.54, 1.807) is 4.90 Å². The molecular weight excluding hydrogens is 478 g/mol. The minimum atomic E-state index is -3.64. The number of aliphatic hydroxyl groups is 1. The molecule has 2 heterocycles. The van der Waals surface area contributed by atoms with Crippen LogP contribution in [0.2, 0.25) is 0 Å². The molecule has 1 atom stereocenters. The Labute approximate surface area is 212 Å². The number of rotatable bonds is 7. The monoisotopic (exact) mass is 511 g/mol. The summed E-state index contributed by atoms with van der Waals surface area (Å²) in [6.45, 7) is 4.94. The van der Waals surface area contributed by atoms with Gasteiger partial charge in [0.05, 0.1) is 16.5 Å². The summed E-state index contributed by atoms with van der Waals surface area (Å²) in [7, 11) is -0.760. The fraction of sp³-hybridized carbons (Fsp3) is 0.407. The van der Waals surface area contributed by atoms with E-state index in [1.165, 1.54) is 44.8 Å². The standard InChI is InChI=1S/C27H33N3O5S/c1-19-7-9-20(10-8-19)24-23(25(31)21-11-13-22(14-12-21)36(34,35)28(2)3)26(32)27(33)30(24)18-17-29-15-5-4-6-16-29/h7-14,24,31H,4-6,15-18H2,1-3H3/b25-23-. The van der Waals surface area contributed by atoms with Crippen LogP contribution in [0.4, 0.5) is 0 Å².